The first-order chi connectivity index (χ1) is 9.52. The summed E-state index contributed by atoms with van der Waals surface area (Å²) in [4.78, 5) is 26.0. The summed E-state index contributed by atoms with van der Waals surface area (Å²) >= 11 is 0. The minimum absolute atomic E-state index is 0.103. The van der Waals surface area contributed by atoms with Crippen molar-refractivity contribution in [3.63, 3.8) is 0 Å². The summed E-state index contributed by atoms with van der Waals surface area (Å²) < 4.78 is 0. The molecule has 0 bridgehead atoms. The highest BCUT2D eigenvalue weighted by molar-refractivity contribution is 6.07. The van der Waals surface area contributed by atoms with Crippen LogP contribution in [0.5, 0.6) is 0 Å². The molecule has 2 N–H and O–H groups in total. The van der Waals surface area contributed by atoms with E-state index in [1.807, 2.05) is 32.0 Å². The van der Waals surface area contributed by atoms with Gasteiger partial charge in [0.15, 0.2) is 0 Å². The van der Waals surface area contributed by atoms with Crippen LogP contribution in [-0.4, -0.2) is 35.5 Å². The molecular weight excluding hydrogens is 254 g/mol. The number of rotatable bonds is 2. The molecule has 5 heteroatoms. The number of nitrogens with one attached hydrogen (secondary N) is 2. The molecule has 0 radical (unpaired) electrons. The quantitative estimate of drug-likeness (QED) is 0.793. The molecule has 5 nitrogen and oxygen atoms in total. The maximum atomic E-state index is 12.5. The molecule has 1 aromatic rings. The smallest absolute Gasteiger partial charge is 0.322 e. The van der Waals surface area contributed by atoms with E-state index >= 15 is 0 Å². The van der Waals surface area contributed by atoms with E-state index in [4.69, 9.17) is 0 Å². The Bertz CT molecular complexity index is 576. The number of imide groups is 1. The van der Waals surface area contributed by atoms with E-state index in [0.717, 1.165) is 23.2 Å². The van der Waals surface area contributed by atoms with E-state index < -0.39 is 5.54 Å². The van der Waals surface area contributed by atoms with Gasteiger partial charge in [-0.05, 0) is 37.9 Å². The zero-order valence-electron chi connectivity index (χ0n) is 11.8. The van der Waals surface area contributed by atoms with Crippen LogP contribution in [0.25, 0.3) is 0 Å². The second-order valence-electron chi connectivity index (χ2n) is 5.76. The number of hydrogen-bond acceptors (Lipinski definition) is 3. The van der Waals surface area contributed by atoms with Crippen LogP contribution in [-0.2, 0) is 11.3 Å². The molecule has 3 rings (SSSR count). The van der Waals surface area contributed by atoms with Gasteiger partial charge in [0.25, 0.3) is 5.91 Å². The van der Waals surface area contributed by atoms with Crippen molar-refractivity contribution in [2.75, 3.05) is 13.1 Å². The topological polar surface area (TPSA) is 61.4 Å². The van der Waals surface area contributed by atoms with E-state index in [1.165, 1.54) is 4.90 Å². The van der Waals surface area contributed by atoms with Crippen LogP contribution in [0.15, 0.2) is 18.2 Å². The second kappa shape index (κ2) is 4.59. The predicted molar refractivity (Wildman–Crippen MR) is 75.2 cm³/mol. The summed E-state index contributed by atoms with van der Waals surface area (Å²) in [6, 6.07) is 5.82. The van der Waals surface area contributed by atoms with Gasteiger partial charge in [0.05, 0.1) is 6.54 Å². The van der Waals surface area contributed by atoms with Gasteiger partial charge < -0.3 is 10.6 Å². The van der Waals surface area contributed by atoms with Crippen molar-refractivity contribution in [3.05, 3.63) is 34.9 Å². The molecule has 20 heavy (non-hydrogen) atoms. The van der Waals surface area contributed by atoms with Crippen LogP contribution < -0.4 is 10.6 Å². The van der Waals surface area contributed by atoms with Gasteiger partial charge in [-0.25, -0.2) is 4.79 Å². The van der Waals surface area contributed by atoms with E-state index in [0.29, 0.717) is 19.5 Å². The third-order valence-electron chi connectivity index (χ3n) is 4.23. The molecule has 2 aliphatic heterocycles. The largest absolute Gasteiger partial charge is 0.325 e. The van der Waals surface area contributed by atoms with Gasteiger partial charge in [0.1, 0.15) is 5.54 Å². The minimum Gasteiger partial charge on any atom is -0.322 e. The highest BCUT2D eigenvalue weighted by Gasteiger charge is 2.52. The summed E-state index contributed by atoms with van der Waals surface area (Å²) in [5.41, 5.74) is 2.54. The van der Waals surface area contributed by atoms with Crippen LogP contribution in [0.4, 0.5) is 4.79 Å². The van der Waals surface area contributed by atoms with Crippen molar-refractivity contribution in [1.29, 1.82) is 0 Å². The number of carbonyl (C=O) groups excluding carboxylic acids is 2. The Morgan fingerprint density at radius 2 is 2.10 bits per heavy atom. The molecule has 1 aromatic carbocycles. The number of urea groups is 1. The first-order valence-electron chi connectivity index (χ1n) is 6.93. The molecule has 2 saturated heterocycles. The first-order valence-corrected chi connectivity index (χ1v) is 6.93. The summed E-state index contributed by atoms with van der Waals surface area (Å²) in [5.74, 6) is -0.103. The highest BCUT2D eigenvalue weighted by atomic mass is 16.2. The summed E-state index contributed by atoms with van der Waals surface area (Å²) in [6.07, 6.45) is 0.668. The molecule has 2 fully saturated rings. The first kappa shape index (κ1) is 13.1. The molecule has 1 atom stereocenters. The van der Waals surface area contributed by atoms with Gasteiger partial charge in [-0.3, -0.25) is 9.69 Å². The maximum absolute atomic E-state index is 12.5. The monoisotopic (exact) mass is 273 g/mol. The third kappa shape index (κ3) is 1.98. The fourth-order valence-corrected chi connectivity index (χ4v) is 2.94. The number of hydrogen-bond donors (Lipinski definition) is 2. The average molecular weight is 273 g/mol. The Morgan fingerprint density at radius 1 is 1.30 bits per heavy atom. The summed E-state index contributed by atoms with van der Waals surface area (Å²) in [6.45, 7) is 5.65. The fraction of sp³-hybridized carbons (Fsp3) is 0.467. The van der Waals surface area contributed by atoms with Gasteiger partial charge in [0.2, 0.25) is 0 Å². The van der Waals surface area contributed by atoms with Gasteiger partial charge >= 0.3 is 6.03 Å². The predicted octanol–water partition coefficient (Wildman–Crippen LogP) is 1.09. The highest BCUT2D eigenvalue weighted by Crippen LogP contribution is 2.26. The number of amides is 3. The molecule has 106 valence electrons. The minimum atomic E-state index is -0.713. The van der Waals surface area contributed by atoms with E-state index in [-0.39, 0.29) is 11.9 Å². The Kier molecular flexibility index (Phi) is 3.01. The summed E-state index contributed by atoms with van der Waals surface area (Å²) in [7, 11) is 0. The Morgan fingerprint density at radius 3 is 2.80 bits per heavy atom. The van der Waals surface area contributed by atoms with Crippen molar-refractivity contribution in [3.8, 4) is 0 Å². The average Bonchev–Trinajstić information content (AvgIpc) is 2.96. The molecule has 2 heterocycles. The number of carbonyl (C=O) groups is 2. The number of aryl methyl sites for hydroxylation is 2. The molecule has 0 aliphatic carbocycles. The van der Waals surface area contributed by atoms with Crippen LogP contribution in [0.2, 0.25) is 0 Å². The van der Waals surface area contributed by atoms with Crippen molar-refractivity contribution in [1.82, 2.24) is 15.5 Å². The fourth-order valence-electron chi connectivity index (χ4n) is 2.94. The Hall–Kier alpha value is -1.88. The summed E-state index contributed by atoms with van der Waals surface area (Å²) in [5, 5.41) is 6.01. The third-order valence-corrected chi connectivity index (χ3v) is 4.23. The normalized spacial score (nSPS) is 25.6. The van der Waals surface area contributed by atoms with Crippen molar-refractivity contribution >= 4 is 11.9 Å². The maximum Gasteiger partial charge on any atom is 0.325 e. The van der Waals surface area contributed by atoms with Gasteiger partial charge in [-0.2, -0.15) is 0 Å². The van der Waals surface area contributed by atoms with Crippen LogP contribution in [0, 0.1) is 13.8 Å². The van der Waals surface area contributed by atoms with Crippen molar-refractivity contribution < 1.29 is 9.59 Å². The van der Waals surface area contributed by atoms with Crippen LogP contribution in [0.3, 0.4) is 0 Å². The lowest BCUT2D eigenvalue weighted by Gasteiger charge is -2.19. The Balaban J connectivity index is 1.86. The molecule has 0 aromatic heterocycles. The lowest BCUT2D eigenvalue weighted by Crippen LogP contribution is -2.48. The lowest BCUT2D eigenvalue weighted by molar-refractivity contribution is -0.131. The molecular formula is C15H19N3O2. The second-order valence-corrected chi connectivity index (χ2v) is 5.76. The molecule has 1 spiro atoms. The lowest BCUT2D eigenvalue weighted by atomic mass is 9.98. The van der Waals surface area contributed by atoms with Crippen LogP contribution >= 0.6 is 0 Å². The molecule has 2 aliphatic rings. The SMILES string of the molecule is Cc1ccc(C)c(CN2C(=O)NC3(CCNC3)C2=O)c1. The van der Waals surface area contributed by atoms with Gasteiger partial charge in [0, 0.05) is 6.54 Å². The molecule has 3 amide bonds. The molecule has 1 unspecified atom stereocenters. The van der Waals surface area contributed by atoms with E-state index in [2.05, 4.69) is 10.6 Å². The zero-order chi connectivity index (χ0) is 14.3. The van der Waals surface area contributed by atoms with Crippen LogP contribution in [0.1, 0.15) is 23.1 Å². The number of benzene rings is 1. The van der Waals surface area contributed by atoms with Gasteiger partial charge in [-0.15, -0.1) is 0 Å². The van der Waals surface area contributed by atoms with Gasteiger partial charge in [-0.1, -0.05) is 23.8 Å². The van der Waals surface area contributed by atoms with E-state index in [1.54, 1.807) is 0 Å². The standard InChI is InChI=1S/C15H19N3O2/c1-10-3-4-11(2)12(7-10)8-18-13(19)15(17-14(18)20)5-6-16-9-15/h3-4,7,16H,5-6,8-9H2,1-2H3,(H,17,20). The molecule has 0 saturated carbocycles. The number of nitrogens with zero attached hydrogens (tertiary/aromatic N) is 1. The van der Waals surface area contributed by atoms with Crippen molar-refractivity contribution in [2.24, 2.45) is 0 Å². The van der Waals surface area contributed by atoms with E-state index in [9.17, 15) is 9.59 Å². The Labute approximate surface area is 118 Å². The van der Waals surface area contributed by atoms with Crippen molar-refractivity contribution in [2.45, 2.75) is 32.4 Å². The zero-order valence-corrected chi connectivity index (χ0v) is 11.8.